The van der Waals surface area contributed by atoms with Crippen LogP contribution >= 0.6 is 0 Å². The van der Waals surface area contributed by atoms with Crippen LogP contribution < -0.4 is 15.7 Å². The van der Waals surface area contributed by atoms with E-state index in [4.69, 9.17) is 4.74 Å². The van der Waals surface area contributed by atoms with Crippen LogP contribution in [0, 0.1) is 11.3 Å². The number of nitrogens with zero attached hydrogens (tertiary/aromatic N) is 3. The number of aryl methyl sites for hydroxylation is 2. The summed E-state index contributed by atoms with van der Waals surface area (Å²) in [5.74, 6) is -0.0344. The number of fused-ring (bicyclic) bond motifs is 1. The van der Waals surface area contributed by atoms with Gasteiger partial charge in [-0.1, -0.05) is 18.2 Å². The molecule has 1 heterocycles. The number of para-hydroxylation sites is 2. The van der Waals surface area contributed by atoms with E-state index in [9.17, 15) is 14.9 Å². The lowest BCUT2D eigenvalue weighted by Gasteiger charge is -2.09. The summed E-state index contributed by atoms with van der Waals surface area (Å²) in [5, 5.41) is 12.1. The first kappa shape index (κ1) is 18.0. The molecule has 0 aliphatic rings. The molecule has 2 aromatic carbocycles. The fourth-order valence-electron chi connectivity index (χ4n) is 2.87. The van der Waals surface area contributed by atoms with Gasteiger partial charge < -0.3 is 10.1 Å². The highest BCUT2D eigenvalue weighted by Gasteiger charge is 2.13. The zero-order chi connectivity index (χ0) is 19.6. The number of nitriles is 1. The summed E-state index contributed by atoms with van der Waals surface area (Å²) < 4.78 is 8.27. The van der Waals surface area contributed by atoms with E-state index in [2.05, 4.69) is 5.32 Å². The summed E-state index contributed by atoms with van der Waals surface area (Å²) in [6.45, 7) is 0. The van der Waals surface area contributed by atoms with Gasteiger partial charge in [0, 0.05) is 14.1 Å². The predicted octanol–water partition coefficient (Wildman–Crippen LogP) is 2.43. The minimum absolute atomic E-state index is 0.0545. The van der Waals surface area contributed by atoms with Gasteiger partial charge >= 0.3 is 5.69 Å². The summed E-state index contributed by atoms with van der Waals surface area (Å²) in [5.41, 5.74) is 2.43. The van der Waals surface area contributed by atoms with Gasteiger partial charge in [0.2, 0.25) is 0 Å². The Morgan fingerprint density at radius 1 is 1.15 bits per heavy atom. The van der Waals surface area contributed by atoms with Gasteiger partial charge in [-0.25, -0.2) is 4.79 Å². The quantitative estimate of drug-likeness (QED) is 0.570. The fourth-order valence-corrected chi connectivity index (χ4v) is 2.87. The van der Waals surface area contributed by atoms with Gasteiger partial charge in [-0.15, -0.1) is 0 Å². The topological polar surface area (TPSA) is 89.1 Å². The zero-order valence-electron chi connectivity index (χ0n) is 15.2. The third kappa shape index (κ3) is 3.33. The summed E-state index contributed by atoms with van der Waals surface area (Å²) in [4.78, 5) is 24.5. The van der Waals surface area contributed by atoms with Crippen molar-refractivity contribution in [2.45, 2.75) is 0 Å². The van der Waals surface area contributed by atoms with E-state index in [1.807, 2.05) is 6.07 Å². The molecule has 0 unspecified atom stereocenters. The SMILES string of the molecule is COc1ccccc1NC(=O)C(C#N)=Cc1ccc2c(c1)n(C)c(=O)n2C. The van der Waals surface area contributed by atoms with Crippen LogP contribution in [-0.4, -0.2) is 22.2 Å². The van der Waals surface area contributed by atoms with E-state index >= 15 is 0 Å². The van der Waals surface area contributed by atoms with Gasteiger partial charge in [0.05, 0.1) is 23.8 Å². The van der Waals surface area contributed by atoms with Crippen molar-refractivity contribution in [3.05, 3.63) is 64.1 Å². The molecule has 136 valence electrons. The smallest absolute Gasteiger partial charge is 0.328 e. The molecule has 0 aliphatic heterocycles. The lowest BCUT2D eigenvalue weighted by molar-refractivity contribution is -0.112. The van der Waals surface area contributed by atoms with Crippen molar-refractivity contribution in [2.24, 2.45) is 14.1 Å². The number of carbonyl (C=O) groups is 1. The minimum atomic E-state index is -0.538. The van der Waals surface area contributed by atoms with Crippen LogP contribution in [0.1, 0.15) is 5.56 Å². The normalized spacial score (nSPS) is 11.3. The van der Waals surface area contributed by atoms with E-state index in [-0.39, 0.29) is 11.3 Å². The lowest BCUT2D eigenvalue weighted by atomic mass is 10.1. The highest BCUT2D eigenvalue weighted by atomic mass is 16.5. The molecule has 0 saturated heterocycles. The first-order valence-corrected chi connectivity index (χ1v) is 8.18. The van der Waals surface area contributed by atoms with Gasteiger partial charge in [-0.05, 0) is 35.9 Å². The van der Waals surface area contributed by atoms with Crippen molar-refractivity contribution in [3.63, 3.8) is 0 Å². The molecule has 0 spiro atoms. The van der Waals surface area contributed by atoms with Crippen LogP contribution in [0.2, 0.25) is 0 Å². The molecule has 1 amide bonds. The standard InChI is InChI=1S/C20H18N4O3/c1-23-16-9-8-13(11-17(16)24(2)20(23)26)10-14(12-21)19(25)22-15-6-4-5-7-18(15)27-3/h4-11H,1-3H3,(H,22,25). The number of anilines is 1. The van der Waals surface area contributed by atoms with Gasteiger partial charge in [0.15, 0.2) is 0 Å². The highest BCUT2D eigenvalue weighted by molar-refractivity contribution is 6.10. The number of methoxy groups -OCH3 is 1. The Labute approximate surface area is 155 Å². The molecular formula is C20H18N4O3. The Bertz CT molecular complexity index is 1160. The van der Waals surface area contributed by atoms with Crippen LogP contribution in [0.15, 0.2) is 52.8 Å². The molecule has 27 heavy (non-hydrogen) atoms. The molecule has 1 N–H and O–H groups in total. The molecule has 3 rings (SSSR count). The monoisotopic (exact) mass is 362 g/mol. The van der Waals surface area contributed by atoms with Crippen LogP contribution in [-0.2, 0) is 18.9 Å². The Kier molecular flexibility index (Phi) is 4.81. The van der Waals surface area contributed by atoms with Gasteiger partial charge in [-0.2, -0.15) is 5.26 Å². The molecule has 7 nitrogen and oxygen atoms in total. The highest BCUT2D eigenvalue weighted by Crippen LogP contribution is 2.24. The van der Waals surface area contributed by atoms with Crippen molar-refractivity contribution in [1.82, 2.24) is 9.13 Å². The van der Waals surface area contributed by atoms with E-state index in [1.54, 1.807) is 61.1 Å². The van der Waals surface area contributed by atoms with E-state index in [0.29, 0.717) is 17.0 Å². The zero-order valence-corrected chi connectivity index (χ0v) is 15.2. The van der Waals surface area contributed by atoms with E-state index < -0.39 is 5.91 Å². The third-order valence-electron chi connectivity index (χ3n) is 4.33. The minimum Gasteiger partial charge on any atom is -0.495 e. The van der Waals surface area contributed by atoms with E-state index in [0.717, 1.165) is 11.0 Å². The summed E-state index contributed by atoms with van der Waals surface area (Å²) in [6, 6.07) is 14.2. The summed E-state index contributed by atoms with van der Waals surface area (Å²) >= 11 is 0. The lowest BCUT2D eigenvalue weighted by Crippen LogP contribution is -2.19. The van der Waals surface area contributed by atoms with Crippen LogP contribution in [0.5, 0.6) is 5.75 Å². The number of hydrogen-bond acceptors (Lipinski definition) is 4. The number of rotatable bonds is 4. The first-order chi connectivity index (χ1) is 13.0. The summed E-state index contributed by atoms with van der Waals surface area (Å²) in [7, 11) is 4.88. The summed E-state index contributed by atoms with van der Waals surface area (Å²) in [6.07, 6.45) is 1.49. The number of hydrogen-bond donors (Lipinski definition) is 1. The van der Waals surface area contributed by atoms with Crippen molar-refractivity contribution >= 4 is 28.7 Å². The maximum absolute atomic E-state index is 12.5. The number of carbonyl (C=O) groups excluding carboxylic acids is 1. The average Bonchev–Trinajstić information content (AvgIpc) is 2.90. The van der Waals surface area contributed by atoms with Gasteiger partial charge in [-0.3, -0.25) is 13.9 Å². The van der Waals surface area contributed by atoms with Crippen molar-refractivity contribution in [3.8, 4) is 11.8 Å². The van der Waals surface area contributed by atoms with Crippen molar-refractivity contribution in [1.29, 1.82) is 5.26 Å². The maximum Gasteiger partial charge on any atom is 0.328 e. The molecule has 3 aromatic rings. The average molecular weight is 362 g/mol. The van der Waals surface area contributed by atoms with Crippen molar-refractivity contribution < 1.29 is 9.53 Å². The predicted molar refractivity (Wildman–Crippen MR) is 103 cm³/mol. The largest absolute Gasteiger partial charge is 0.495 e. The molecule has 0 atom stereocenters. The van der Waals surface area contributed by atoms with Crippen molar-refractivity contribution in [2.75, 3.05) is 12.4 Å². The fraction of sp³-hybridized carbons (Fsp3) is 0.150. The molecule has 1 aromatic heterocycles. The number of amides is 1. The second kappa shape index (κ2) is 7.22. The number of ether oxygens (including phenoxy) is 1. The first-order valence-electron chi connectivity index (χ1n) is 8.18. The maximum atomic E-state index is 12.5. The molecule has 0 radical (unpaired) electrons. The molecule has 0 bridgehead atoms. The van der Waals surface area contributed by atoms with E-state index in [1.165, 1.54) is 17.8 Å². The molecule has 0 fully saturated rings. The van der Waals surface area contributed by atoms with Gasteiger partial charge in [0.1, 0.15) is 17.4 Å². The molecular weight excluding hydrogens is 344 g/mol. The number of benzene rings is 2. The second-order valence-electron chi connectivity index (χ2n) is 5.97. The van der Waals surface area contributed by atoms with Gasteiger partial charge in [0.25, 0.3) is 5.91 Å². The second-order valence-corrected chi connectivity index (χ2v) is 5.97. The molecule has 0 saturated carbocycles. The van der Waals surface area contributed by atoms with Crippen LogP contribution in [0.3, 0.4) is 0 Å². The van der Waals surface area contributed by atoms with Crippen LogP contribution in [0.4, 0.5) is 5.69 Å². The number of nitrogens with one attached hydrogen (secondary N) is 1. The Morgan fingerprint density at radius 2 is 1.85 bits per heavy atom. The third-order valence-corrected chi connectivity index (χ3v) is 4.33. The Hall–Kier alpha value is -3.79. The molecule has 7 heteroatoms. The number of imidazole rings is 1. The molecule has 0 aliphatic carbocycles. The Balaban J connectivity index is 1.95. The number of aromatic nitrogens is 2. The van der Waals surface area contributed by atoms with Crippen LogP contribution in [0.25, 0.3) is 17.1 Å². The Morgan fingerprint density at radius 3 is 2.56 bits per heavy atom.